The van der Waals surface area contributed by atoms with Gasteiger partial charge in [-0.2, -0.15) is 0 Å². The van der Waals surface area contributed by atoms with E-state index in [1.165, 1.54) is 0 Å². The highest BCUT2D eigenvalue weighted by Crippen LogP contribution is 2.35. The van der Waals surface area contributed by atoms with Crippen molar-refractivity contribution in [3.63, 3.8) is 0 Å². The molecule has 0 bridgehead atoms. The van der Waals surface area contributed by atoms with Gasteiger partial charge < -0.3 is 14.8 Å². The van der Waals surface area contributed by atoms with Crippen LogP contribution in [0, 0.1) is 0 Å². The summed E-state index contributed by atoms with van der Waals surface area (Å²) >= 11 is 0. The van der Waals surface area contributed by atoms with Gasteiger partial charge in [-0.05, 0) is 30.0 Å². The third kappa shape index (κ3) is 3.75. The topological polar surface area (TPSA) is 77.5 Å². The van der Waals surface area contributed by atoms with E-state index in [4.69, 9.17) is 9.47 Å². The highest BCUT2D eigenvalue weighted by atomic mass is 16.6. The second-order valence-corrected chi connectivity index (χ2v) is 7.96. The summed E-state index contributed by atoms with van der Waals surface area (Å²) in [6.07, 6.45) is 2.09. The number of para-hydroxylation sites is 1. The smallest absolute Gasteiger partial charge is 0.295 e. The number of nitrogens with one attached hydrogen (secondary N) is 1. The lowest BCUT2D eigenvalue weighted by atomic mass is 9.87. The van der Waals surface area contributed by atoms with E-state index in [-0.39, 0.29) is 12.5 Å². The molecule has 1 aliphatic rings. The van der Waals surface area contributed by atoms with E-state index < -0.39 is 5.72 Å². The van der Waals surface area contributed by atoms with Crippen LogP contribution in [0.3, 0.4) is 0 Å². The Morgan fingerprint density at radius 2 is 1.72 bits per heavy atom. The number of pyridine rings is 1. The molecule has 3 aromatic carbocycles. The lowest BCUT2D eigenvalue weighted by Crippen LogP contribution is -2.55. The van der Waals surface area contributed by atoms with Gasteiger partial charge in [-0.15, -0.1) is 0 Å². The van der Waals surface area contributed by atoms with Crippen molar-refractivity contribution < 1.29 is 19.1 Å². The summed E-state index contributed by atoms with van der Waals surface area (Å²) in [6.45, 7) is 0.609. The lowest BCUT2D eigenvalue weighted by molar-refractivity contribution is -0.156. The average Bonchev–Trinajstić information content (AvgIpc) is 2.80. The predicted molar refractivity (Wildman–Crippen MR) is 121 cm³/mol. The fraction of sp³-hybridized carbons (Fsp3) is 0.192. The molecule has 0 unspecified atom stereocenters. The van der Waals surface area contributed by atoms with Crippen LogP contribution < -0.4 is 10.1 Å². The highest BCUT2D eigenvalue weighted by Gasteiger charge is 2.41. The van der Waals surface area contributed by atoms with Crippen LogP contribution in [0.4, 0.5) is 0 Å². The van der Waals surface area contributed by atoms with Crippen molar-refractivity contribution in [2.75, 3.05) is 0 Å². The van der Waals surface area contributed by atoms with Crippen LogP contribution >= 0.6 is 0 Å². The summed E-state index contributed by atoms with van der Waals surface area (Å²) in [6, 6.07) is 23.2. The fourth-order valence-electron chi connectivity index (χ4n) is 4.05. The summed E-state index contributed by atoms with van der Waals surface area (Å²) < 4.78 is 11.4. The minimum atomic E-state index is -0.929. The maximum atomic E-state index is 13.2. The van der Waals surface area contributed by atoms with Gasteiger partial charge in [0.25, 0.3) is 12.4 Å². The number of carbonyl (C=O) groups excluding carboxylic acids is 2. The molecule has 1 fully saturated rings. The number of ether oxygens (including phenoxy) is 2. The van der Waals surface area contributed by atoms with Crippen LogP contribution in [0.2, 0.25) is 0 Å². The first-order chi connectivity index (χ1) is 15.7. The Kier molecular flexibility index (Phi) is 5.19. The number of aromatic nitrogens is 1. The molecule has 0 spiro atoms. The third-order valence-electron chi connectivity index (χ3n) is 5.92. The second kappa shape index (κ2) is 8.30. The molecule has 160 valence electrons. The first kappa shape index (κ1) is 20.0. The van der Waals surface area contributed by atoms with E-state index >= 15 is 0 Å². The van der Waals surface area contributed by atoms with Crippen LogP contribution in [0.25, 0.3) is 21.7 Å². The van der Waals surface area contributed by atoms with Crippen molar-refractivity contribution in [3.8, 4) is 5.75 Å². The molecule has 1 amide bonds. The first-order valence-corrected chi connectivity index (χ1v) is 10.6. The number of rotatable bonds is 7. The van der Waals surface area contributed by atoms with Gasteiger partial charge in [0, 0.05) is 23.6 Å². The molecule has 0 atom stereocenters. The molecular formula is C26H22N2O4. The van der Waals surface area contributed by atoms with Gasteiger partial charge in [-0.25, -0.2) is 4.98 Å². The lowest BCUT2D eigenvalue weighted by Gasteiger charge is -2.40. The summed E-state index contributed by atoms with van der Waals surface area (Å²) in [5.74, 6) is 0.148. The molecule has 1 saturated carbocycles. The molecule has 0 aliphatic heterocycles. The van der Waals surface area contributed by atoms with Gasteiger partial charge in [0.05, 0.1) is 16.8 Å². The van der Waals surface area contributed by atoms with Crippen molar-refractivity contribution in [3.05, 3.63) is 84.1 Å². The molecule has 4 aromatic rings. The third-order valence-corrected chi connectivity index (χ3v) is 5.92. The molecule has 1 N–H and O–H groups in total. The maximum absolute atomic E-state index is 13.2. The van der Waals surface area contributed by atoms with Gasteiger partial charge >= 0.3 is 0 Å². The van der Waals surface area contributed by atoms with Crippen molar-refractivity contribution in [1.29, 1.82) is 0 Å². The van der Waals surface area contributed by atoms with Crippen molar-refractivity contribution >= 4 is 34.1 Å². The molecule has 5 rings (SSSR count). The number of fused-ring (bicyclic) bond motifs is 2. The molecule has 32 heavy (non-hydrogen) atoms. The first-order valence-electron chi connectivity index (χ1n) is 10.6. The van der Waals surface area contributed by atoms with E-state index in [1.807, 2.05) is 66.7 Å². The summed E-state index contributed by atoms with van der Waals surface area (Å²) in [7, 11) is 0. The zero-order valence-electron chi connectivity index (χ0n) is 17.4. The Balaban J connectivity index is 1.47. The molecule has 1 heterocycles. The van der Waals surface area contributed by atoms with Crippen LogP contribution in [-0.4, -0.2) is 23.1 Å². The SMILES string of the molecule is O=COC1(NC(=O)c2ccc3ccccc3c2OCc2ccc3ccccc3n2)CCC1. The maximum Gasteiger partial charge on any atom is 0.295 e. The van der Waals surface area contributed by atoms with Crippen LogP contribution in [0.1, 0.15) is 35.3 Å². The summed E-state index contributed by atoms with van der Waals surface area (Å²) in [5.41, 5.74) is 1.12. The van der Waals surface area contributed by atoms with Crippen LogP contribution in [0.15, 0.2) is 72.8 Å². The molecule has 0 saturated heterocycles. The number of nitrogens with zero attached hydrogens (tertiary/aromatic N) is 1. The monoisotopic (exact) mass is 426 g/mol. The van der Waals surface area contributed by atoms with E-state index in [0.717, 1.165) is 33.8 Å². The number of carbonyl (C=O) groups is 2. The largest absolute Gasteiger partial charge is 0.486 e. The minimum absolute atomic E-state index is 0.217. The molecule has 6 nitrogen and oxygen atoms in total. The van der Waals surface area contributed by atoms with Crippen molar-refractivity contribution in [2.24, 2.45) is 0 Å². The Hall–Kier alpha value is -3.93. The Labute approximate surface area is 185 Å². The molecule has 1 aromatic heterocycles. The van der Waals surface area contributed by atoms with Crippen molar-refractivity contribution in [1.82, 2.24) is 10.3 Å². The van der Waals surface area contributed by atoms with E-state index in [1.54, 1.807) is 6.07 Å². The van der Waals surface area contributed by atoms with E-state index in [9.17, 15) is 9.59 Å². The molecule has 1 aliphatic carbocycles. The Morgan fingerprint density at radius 3 is 2.50 bits per heavy atom. The highest BCUT2D eigenvalue weighted by molar-refractivity contribution is 6.04. The van der Waals surface area contributed by atoms with Gasteiger partial charge in [0.15, 0.2) is 5.72 Å². The average molecular weight is 426 g/mol. The van der Waals surface area contributed by atoms with E-state index in [2.05, 4.69) is 10.3 Å². The number of amides is 1. The quantitative estimate of drug-likeness (QED) is 0.341. The zero-order chi connectivity index (χ0) is 22.0. The number of benzene rings is 3. The molecular weight excluding hydrogens is 404 g/mol. The zero-order valence-corrected chi connectivity index (χ0v) is 17.4. The Morgan fingerprint density at radius 1 is 0.969 bits per heavy atom. The van der Waals surface area contributed by atoms with Crippen LogP contribution in [-0.2, 0) is 16.1 Å². The predicted octanol–water partition coefficient (Wildman–Crippen LogP) is 4.75. The number of hydrogen-bond acceptors (Lipinski definition) is 5. The standard InChI is InChI=1S/C26H22N2O4/c29-17-32-26(14-5-15-26)28-25(30)22-13-11-18-6-1-3-8-21(18)24(22)31-16-20-12-10-19-7-2-4-9-23(19)27-20/h1-4,6-13,17H,5,14-16H2,(H,28,30). The summed E-state index contributed by atoms with van der Waals surface area (Å²) in [4.78, 5) is 28.8. The second-order valence-electron chi connectivity index (χ2n) is 7.96. The van der Waals surface area contributed by atoms with Gasteiger partial charge in [-0.3, -0.25) is 9.59 Å². The van der Waals surface area contributed by atoms with Gasteiger partial charge in [0.2, 0.25) is 0 Å². The number of hydrogen-bond donors (Lipinski definition) is 1. The van der Waals surface area contributed by atoms with Crippen molar-refractivity contribution in [2.45, 2.75) is 31.6 Å². The molecule has 0 radical (unpaired) electrons. The van der Waals surface area contributed by atoms with E-state index in [0.29, 0.717) is 30.6 Å². The Bertz CT molecular complexity index is 1310. The van der Waals surface area contributed by atoms with Crippen LogP contribution in [0.5, 0.6) is 5.75 Å². The van der Waals surface area contributed by atoms with Gasteiger partial charge in [-0.1, -0.05) is 54.6 Å². The fourth-order valence-corrected chi connectivity index (χ4v) is 4.05. The molecule has 6 heteroatoms. The minimum Gasteiger partial charge on any atom is -0.486 e. The normalized spacial score (nSPS) is 14.5. The van der Waals surface area contributed by atoms with Gasteiger partial charge in [0.1, 0.15) is 12.4 Å². The summed E-state index contributed by atoms with van der Waals surface area (Å²) in [5, 5.41) is 5.74.